The summed E-state index contributed by atoms with van der Waals surface area (Å²) >= 11 is 1.72. The number of nitrogens with zero attached hydrogens (tertiary/aromatic N) is 1. The first-order valence-electron chi connectivity index (χ1n) is 6.62. The van der Waals surface area contributed by atoms with Crippen LogP contribution in [0.4, 0.5) is 0 Å². The van der Waals surface area contributed by atoms with Crippen molar-refractivity contribution in [1.29, 1.82) is 0 Å². The van der Waals surface area contributed by atoms with Crippen LogP contribution < -0.4 is 10.8 Å². The molecule has 0 unspecified atom stereocenters. The first kappa shape index (κ1) is 13.5. The van der Waals surface area contributed by atoms with Crippen molar-refractivity contribution >= 4 is 27.3 Å². The average Bonchev–Trinajstić information content (AvgIpc) is 2.53. The highest BCUT2D eigenvalue weighted by Crippen LogP contribution is 2.27. The van der Waals surface area contributed by atoms with Gasteiger partial charge in [0.05, 0.1) is 5.36 Å². The minimum Gasteiger partial charge on any atom is -0.274 e. The zero-order chi connectivity index (χ0) is 14.7. The van der Waals surface area contributed by atoms with Crippen molar-refractivity contribution in [3.63, 3.8) is 0 Å². The number of nitrogens with one attached hydrogen (secondary N) is 1. The van der Waals surface area contributed by atoms with Gasteiger partial charge in [-0.1, -0.05) is 48.5 Å². The molecule has 3 aromatic rings. The van der Waals surface area contributed by atoms with Crippen molar-refractivity contribution in [2.24, 2.45) is 5.10 Å². The summed E-state index contributed by atoms with van der Waals surface area (Å²) in [7, 11) is 0. The summed E-state index contributed by atoms with van der Waals surface area (Å²) in [6.45, 7) is 1.45. The quantitative estimate of drug-likeness (QED) is 0.722. The summed E-state index contributed by atoms with van der Waals surface area (Å²) in [5, 5.41) is 6.04. The maximum absolute atomic E-state index is 11.1. The molecule has 104 valence electrons. The summed E-state index contributed by atoms with van der Waals surface area (Å²) in [5.74, 6) is -0.173. The Kier molecular flexibility index (Phi) is 3.79. The number of carbonyl (C=O) groups excluding carboxylic acids is 1. The van der Waals surface area contributed by atoms with E-state index in [1.54, 1.807) is 11.3 Å². The zero-order valence-electron chi connectivity index (χ0n) is 11.5. The van der Waals surface area contributed by atoms with E-state index >= 15 is 0 Å². The Morgan fingerprint density at radius 3 is 2.52 bits per heavy atom. The predicted octanol–water partition coefficient (Wildman–Crippen LogP) is 3.52. The van der Waals surface area contributed by atoms with Crippen LogP contribution in [0.3, 0.4) is 0 Å². The molecule has 0 aliphatic carbocycles. The van der Waals surface area contributed by atoms with Gasteiger partial charge in [0.25, 0.3) is 0 Å². The minimum absolute atomic E-state index is 0.173. The molecule has 0 saturated carbocycles. The van der Waals surface area contributed by atoms with Crippen LogP contribution in [0.25, 0.3) is 20.5 Å². The normalized spacial score (nSPS) is 11.6. The Morgan fingerprint density at radius 2 is 1.76 bits per heavy atom. The van der Waals surface area contributed by atoms with Gasteiger partial charge in [-0.15, -0.1) is 11.3 Å². The van der Waals surface area contributed by atoms with Crippen molar-refractivity contribution in [2.75, 3.05) is 0 Å². The molecule has 2 aromatic carbocycles. The third-order valence-corrected chi connectivity index (χ3v) is 4.19. The molecular weight excluding hydrogens is 280 g/mol. The van der Waals surface area contributed by atoms with Crippen molar-refractivity contribution in [2.45, 2.75) is 6.92 Å². The number of benzene rings is 2. The highest BCUT2D eigenvalue weighted by atomic mass is 32.1. The van der Waals surface area contributed by atoms with Gasteiger partial charge in [0.2, 0.25) is 5.91 Å². The highest BCUT2D eigenvalue weighted by Gasteiger charge is 2.03. The molecule has 0 atom stereocenters. The molecule has 0 aliphatic heterocycles. The van der Waals surface area contributed by atoms with Gasteiger partial charge in [0.15, 0.2) is 0 Å². The standard InChI is InChI=1S/C17H14N2OS/c1-12(20)18-19-15-11-17(13-7-3-2-4-8-13)21-16-10-6-5-9-14(15)16/h2-11H,1H3,(H,18,20)/b19-15+. The van der Waals surface area contributed by atoms with Crippen molar-refractivity contribution in [3.8, 4) is 10.4 Å². The van der Waals surface area contributed by atoms with Crippen LogP contribution in [-0.2, 0) is 4.79 Å². The number of rotatable bonds is 2. The Bertz CT molecular complexity index is 853. The average molecular weight is 294 g/mol. The lowest BCUT2D eigenvalue weighted by molar-refractivity contribution is -0.119. The van der Waals surface area contributed by atoms with E-state index in [0.717, 1.165) is 25.9 Å². The molecule has 0 spiro atoms. The van der Waals surface area contributed by atoms with Gasteiger partial charge in [-0.25, -0.2) is 5.43 Å². The van der Waals surface area contributed by atoms with Crippen molar-refractivity contribution in [3.05, 3.63) is 66.0 Å². The lowest BCUT2D eigenvalue weighted by Crippen LogP contribution is -2.18. The second-order valence-corrected chi connectivity index (χ2v) is 5.72. The molecule has 0 bridgehead atoms. The van der Waals surface area contributed by atoms with Gasteiger partial charge in [0.1, 0.15) is 0 Å². The monoisotopic (exact) mass is 294 g/mol. The van der Waals surface area contributed by atoms with Crippen LogP contribution in [-0.4, -0.2) is 5.91 Å². The topological polar surface area (TPSA) is 41.5 Å². The van der Waals surface area contributed by atoms with E-state index in [-0.39, 0.29) is 5.91 Å². The van der Waals surface area contributed by atoms with E-state index in [2.05, 4.69) is 28.7 Å². The fourth-order valence-corrected chi connectivity index (χ4v) is 3.18. The second-order valence-electron chi connectivity index (χ2n) is 4.64. The Morgan fingerprint density at radius 1 is 1.05 bits per heavy atom. The molecule has 1 heterocycles. The third kappa shape index (κ3) is 3.01. The molecule has 1 N–H and O–H groups in total. The second kappa shape index (κ2) is 5.89. The summed E-state index contributed by atoms with van der Waals surface area (Å²) in [4.78, 5) is 12.2. The Balaban J connectivity index is 2.25. The number of amides is 1. The fourth-order valence-electron chi connectivity index (χ4n) is 2.09. The minimum atomic E-state index is -0.173. The van der Waals surface area contributed by atoms with Gasteiger partial charge in [-0.2, -0.15) is 5.10 Å². The first-order valence-corrected chi connectivity index (χ1v) is 7.44. The molecule has 1 aromatic heterocycles. The lowest BCUT2D eigenvalue weighted by atomic mass is 10.1. The zero-order valence-corrected chi connectivity index (χ0v) is 12.4. The molecule has 0 aliphatic rings. The van der Waals surface area contributed by atoms with E-state index < -0.39 is 0 Å². The smallest absolute Gasteiger partial charge is 0.236 e. The summed E-state index contributed by atoms with van der Waals surface area (Å²) < 4.78 is 1.14. The van der Waals surface area contributed by atoms with E-state index in [4.69, 9.17) is 0 Å². The Labute approximate surface area is 126 Å². The SMILES string of the molecule is CC(=O)N/N=c1\cc(-c2ccccc2)sc2ccccc12. The third-order valence-electron chi connectivity index (χ3n) is 3.04. The molecule has 0 saturated heterocycles. The van der Waals surface area contributed by atoms with Crippen LogP contribution in [0.15, 0.2) is 65.8 Å². The van der Waals surface area contributed by atoms with Crippen molar-refractivity contribution < 1.29 is 4.79 Å². The van der Waals surface area contributed by atoms with Crippen LogP contribution >= 0.6 is 11.3 Å². The number of hydrogen-bond donors (Lipinski definition) is 1. The van der Waals surface area contributed by atoms with E-state index in [9.17, 15) is 4.79 Å². The maximum atomic E-state index is 11.1. The molecule has 1 amide bonds. The van der Waals surface area contributed by atoms with Crippen LogP contribution in [0.2, 0.25) is 0 Å². The van der Waals surface area contributed by atoms with Crippen LogP contribution in [0, 0.1) is 0 Å². The number of hydrogen-bond acceptors (Lipinski definition) is 3. The van der Waals surface area contributed by atoms with Gasteiger partial charge in [-0.05, 0) is 17.7 Å². The van der Waals surface area contributed by atoms with E-state index in [1.165, 1.54) is 6.92 Å². The fraction of sp³-hybridized carbons (Fsp3) is 0.0588. The molecule has 4 heteroatoms. The molecule has 3 nitrogen and oxygen atoms in total. The van der Waals surface area contributed by atoms with E-state index in [1.807, 2.05) is 42.5 Å². The molecule has 0 radical (unpaired) electrons. The predicted molar refractivity (Wildman–Crippen MR) is 86.6 cm³/mol. The van der Waals surface area contributed by atoms with Gasteiger partial charge in [0, 0.05) is 21.9 Å². The summed E-state index contributed by atoms with van der Waals surface area (Å²) in [6.07, 6.45) is 0. The van der Waals surface area contributed by atoms with E-state index in [0.29, 0.717) is 0 Å². The van der Waals surface area contributed by atoms with Crippen molar-refractivity contribution in [1.82, 2.24) is 5.43 Å². The number of carbonyl (C=O) groups is 1. The molecule has 0 fully saturated rings. The van der Waals surface area contributed by atoms with Gasteiger partial charge < -0.3 is 0 Å². The molecule has 3 rings (SSSR count). The number of fused-ring (bicyclic) bond motifs is 1. The van der Waals surface area contributed by atoms with Gasteiger partial charge >= 0.3 is 0 Å². The largest absolute Gasteiger partial charge is 0.274 e. The molecule has 21 heavy (non-hydrogen) atoms. The first-order chi connectivity index (χ1) is 10.2. The summed E-state index contributed by atoms with van der Waals surface area (Å²) in [5.41, 5.74) is 3.67. The Hall–Kier alpha value is -2.46. The lowest BCUT2D eigenvalue weighted by Gasteiger charge is -2.04. The highest BCUT2D eigenvalue weighted by molar-refractivity contribution is 7.21. The van der Waals surface area contributed by atoms with Crippen LogP contribution in [0.1, 0.15) is 6.92 Å². The maximum Gasteiger partial charge on any atom is 0.236 e. The molecular formula is C17H14N2OS. The van der Waals surface area contributed by atoms with Gasteiger partial charge in [-0.3, -0.25) is 4.79 Å². The summed E-state index contributed by atoms with van der Waals surface area (Å²) in [6, 6.07) is 20.3. The van der Waals surface area contributed by atoms with Crippen LogP contribution in [0.5, 0.6) is 0 Å².